The van der Waals surface area contributed by atoms with Gasteiger partial charge in [-0.1, -0.05) is 48.5 Å². The molecule has 5 rings (SSSR count). The fourth-order valence-electron chi connectivity index (χ4n) is 3.82. The van der Waals surface area contributed by atoms with E-state index >= 15 is 0 Å². The average molecular weight is 388 g/mol. The number of imidazole rings is 1. The molecule has 0 bridgehead atoms. The molecule has 0 atom stereocenters. The van der Waals surface area contributed by atoms with E-state index in [2.05, 4.69) is 51.2 Å². The van der Waals surface area contributed by atoms with Gasteiger partial charge in [-0.05, 0) is 29.7 Å². The first-order valence-electron chi connectivity index (χ1n) is 9.48. The molecule has 2 aromatic heterocycles. The second-order valence-electron chi connectivity index (χ2n) is 7.09. The van der Waals surface area contributed by atoms with Gasteiger partial charge in [0.25, 0.3) is 0 Å². The lowest BCUT2D eigenvalue weighted by molar-refractivity contribution is 0.290. The topological polar surface area (TPSA) is 40.8 Å². The van der Waals surface area contributed by atoms with Crippen LogP contribution in [0.2, 0.25) is 0 Å². The van der Waals surface area contributed by atoms with E-state index in [1.54, 1.807) is 23.5 Å². The molecule has 0 saturated heterocycles. The van der Waals surface area contributed by atoms with Crippen molar-refractivity contribution in [2.75, 3.05) is 13.1 Å². The van der Waals surface area contributed by atoms with Gasteiger partial charge < -0.3 is 5.11 Å². The molecule has 2 aromatic carbocycles. The Kier molecular flexibility index (Phi) is 4.47. The van der Waals surface area contributed by atoms with Crippen LogP contribution in [0.1, 0.15) is 17.7 Å². The molecule has 4 aromatic rings. The number of hydrogen-bond donors (Lipinski definition) is 1. The Hall–Kier alpha value is -2.89. The molecular weight excluding hydrogens is 366 g/mol. The summed E-state index contributed by atoms with van der Waals surface area (Å²) >= 11 is 1.68. The molecule has 4 nitrogen and oxygen atoms in total. The van der Waals surface area contributed by atoms with E-state index in [1.807, 2.05) is 18.2 Å². The number of thiazole rings is 1. The molecule has 0 saturated carbocycles. The molecule has 0 unspecified atom stereocenters. The van der Waals surface area contributed by atoms with E-state index in [0.717, 1.165) is 36.7 Å². The van der Waals surface area contributed by atoms with Crippen LogP contribution in [0.15, 0.2) is 72.3 Å². The second-order valence-corrected chi connectivity index (χ2v) is 7.96. The summed E-state index contributed by atoms with van der Waals surface area (Å²) < 4.78 is 2.23. The van der Waals surface area contributed by atoms with Gasteiger partial charge in [0.2, 0.25) is 0 Å². The Morgan fingerprint density at radius 1 is 1.00 bits per heavy atom. The lowest BCUT2D eigenvalue weighted by atomic mass is 9.99. The number of phenolic OH excluding ortho intramolecular Hbond substituents is 1. The SMILES string of the molecule is Oc1ccc(C2=CCN(Cc3c(-c4ccccc4)nc4sccn34)CC2)cc1. The fraction of sp³-hybridized carbons (Fsp3) is 0.174. The summed E-state index contributed by atoms with van der Waals surface area (Å²) in [5, 5.41) is 11.6. The third-order valence-electron chi connectivity index (χ3n) is 5.31. The predicted molar refractivity (Wildman–Crippen MR) is 114 cm³/mol. The standard InChI is InChI=1S/C23H21N3OS/c27-20-8-6-17(7-9-20)18-10-12-25(13-11-18)16-21-22(19-4-2-1-3-5-19)24-23-26(21)14-15-28-23/h1-10,14-15,27H,11-13,16H2. The molecule has 1 aliphatic rings. The van der Waals surface area contributed by atoms with Gasteiger partial charge in [-0.2, -0.15) is 0 Å². The Labute approximate surface area is 168 Å². The van der Waals surface area contributed by atoms with E-state index in [9.17, 15) is 5.11 Å². The van der Waals surface area contributed by atoms with Crippen molar-refractivity contribution >= 4 is 21.9 Å². The van der Waals surface area contributed by atoms with Crippen molar-refractivity contribution in [2.45, 2.75) is 13.0 Å². The number of benzene rings is 2. The molecule has 28 heavy (non-hydrogen) atoms. The van der Waals surface area contributed by atoms with Crippen LogP contribution in [0.3, 0.4) is 0 Å². The lowest BCUT2D eigenvalue weighted by Gasteiger charge is -2.26. The van der Waals surface area contributed by atoms with Gasteiger partial charge in [0.15, 0.2) is 4.96 Å². The zero-order chi connectivity index (χ0) is 18.9. The predicted octanol–water partition coefficient (Wildman–Crippen LogP) is 5.06. The fourth-order valence-corrected chi connectivity index (χ4v) is 4.55. The maximum absolute atomic E-state index is 9.49. The number of aromatic nitrogens is 2. The molecule has 3 heterocycles. The molecule has 140 valence electrons. The Morgan fingerprint density at radius 3 is 2.57 bits per heavy atom. The van der Waals surface area contributed by atoms with Gasteiger partial charge in [0, 0.05) is 36.8 Å². The Bertz CT molecular complexity index is 1130. The number of rotatable bonds is 4. The molecule has 0 spiro atoms. The molecule has 1 aliphatic heterocycles. The first-order chi connectivity index (χ1) is 13.8. The summed E-state index contributed by atoms with van der Waals surface area (Å²) in [5.74, 6) is 0.315. The summed E-state index contributed by atoms with van der Waals surface area (Å²) in [6, 6.07) is 18.0. The van der Waals surface area contributed by atoms with Gasteiger partial charge in [-0.3, -0.25) is 9.30 Å². The first kappa shape index (κ1) is 17.2. The summed E-state index contributed by atoms with van der Waals surface area (Å²) in [4.78, 5) is 8.41. The van der Waals surface area contributed by atoms with Crippen LogP contribution < -0.4 is 0 Å². The van der Waals surface area contributed by atoms with Gasteiger partial charge >= 0.3 is 0 Å². The largest absolute Gasteiger partial charge is 0.508 e. The van der Waals surface area contributed by atoms with E-state index in [0.29, 0.717) is 5.75 Å². The molecular formula is C23H21N3OS. The van der Waals surface area contributed by atoms with Crippen LogP contribution in [0, 0.1) is 0 Å². The smallest absolute Gasteiger partial charge is 0.194 e. The highest BCUT2D eigenvalue weighted by atomic mass is 32.1. The van der Waals surface area contributed by atoms with Crippen LogP contribution >= 0.6 is 11.3 Å². The van der Waals surface area contributed by atoms with Crippen molar-refractivity contribution < 1.29 is 5.11 Å². The lowest BCUT2D eigenvalue weighted by Crippen LogP contribution is -2.28. The van der Waals surface area contributed by atoms with Crippen LogP contribution in [0.5, 0.6) is 5.75 Å². The third-order valence-corrected chi connectivity index (χ3v) is 6.07. The first-order valence-corrected chi connectivity index (χ1v) is 10.4. The van der Waals surface area contributed by atoms with Crippen molar-refractivity contribution in [1.82, 2.24) is 14.3 Å². The summed E-state index contributed by atoms with van der Waals surface area (Å²) in [7, 11) is 0. The number of aromatic hydroxyl groups is 1. The van der Waals surface area contributed by atoms with Crippen LogP contribution in [0.4, 0.5) is 0 Å². The minimum Gasteiger partial charge on any atom is -0.508 e. The van der Waals surface area contributed by atoms with E-state index < -0.39 is 0 Å². The zero-order valence-corrected chi connectivity index (χ0v) is 16.3. The highest BCUT2D eigenvalue weighted by Crippen LogP contribution is 2.29. The third kappa shape index (κ3) is 3.23. The summed E-state index contributed by atoms with van der Waals surface area (Å²) in [5.41, 5.74) is 6.07. The molecule has 5 heteroatoms. The number of nitrogens with zero attached hydrogens (tertiary/aromatic N) is 3. The highest BCUT2D eigenvalue weighted by molar-refractivity contribution is 7.15. The molecule has 1 N–H and O–H groups in total. The quantitative estimate of drug-likeness (QED) is 0.532. The van der Waals surface area contributed by atoms with Crippen molar-refractivity contribution in [3.8, 4) is 17.0 Å². The maximum atomic E-state index is 9.49. The van der Waals surface area contributed by atoms with Gasteiger partial charge in [-0.25, -0.2) is 4.98 Å². The van der Waals surface area contributed by atoms with Crippen LogP contribution in [-0.2, 0) is 6.54 Å². The van der Waals surface area contributed by atoms with Crippen molar-refractivity contribution in [3.63, 3.8) is 0 Å². The van der Waals surface area contributed by atoms with Crippen molar-refractivity contribution in [3.05, 3.63) is 83.5 Å². The monoisotopic (exact) mass is 387 g/mol. The van der Waals surface area contributed by atoms with Crippen molar-refractivity contribution in [2.24, 2.45) is 0 Å². The zero-order valence-electron chi connectivity index (χ0n) is 15.5. The highest BCUT2D eigenvalue weighted by Gasteiger charge is 2.19. The van der Waals surface area contributed by atoms with Gasteiger partial charge in [0.05, 0.1) is 11.4 Å². The number of fused-ring (bicyclic) bond motifs is 1. The maximum Gasteiger partial charge on any atom is 0.194 e. The van der Waals surface area contributed by atoms with E-state index in [4.69, 9.17) is 4.98 Å². The second kappa shape index (κ2) is 7.26. The van der Waals surface area contributed by atoms with Crippen LogP contribution in [-0.4, -0.2) is 32.5 Å². The van der Waals surface area contributed by atoms with E-state index in [-0.39, 0.29) is 0 Å². The Morgan fingerprint density at radius 2 is 1.82 bits per heavy atom. The Balaban J connectivity index is 1.40. The van der Waals surface area contributed by atoms with Crippen LogP contribution in [0.25, 0.3) is 21.8 Å². The van der Waals surface area contributed by atoms with E-state index in [1.165, 1.54) is 22.4 Å². The molecule has 0 amide bonds. The van der Waals surface area contributed by atoms with Gasteiger partial charge in [-0.15, -0.1) is 11.3 Å². The molecule has 0 radical (unpaired) electrons. The number of phenols is 1. The molecule has 0 fully saturated rings. The average Bonchev–Trinajstić information content (AvgIpc) is 3.33. The summed E-state index contributed by atoms with van der Waals surface area (Å²) in [6.45, 7) is 2.81. The molecule has 0 aliphatic carbocycles. The number of hydrogen-bond acceptors (Lipinski definition) is 4. The normalized spacial score (nSPS) is 15.1. The summed E-state index contributed by atoms with van der Waals surface area (Å²) in [6.07, 6.45) is 5.44. The van der Waals surface area contributed by atoms with Gasteiger partial charge in [0.1, 0.15) is 5.75 Å². The minimum atomic E-state index is 0.315. The van der Waals surface area contributed by atoms with Crippen molar-refractivity contribution in [1.29, 1.82) is 0 Å². The minimum absolute atomic E-state index is 0.315.